The van der Waals surface area contributed by atoms with E-state index >= 15 is 0 Å². The van der Waals surface area contributed by atoms with E-state index in [1.54, 1.807) is 6.92 Å². The van der Waals surface area contributed by atoms with Gasteiger partial charge >= 0.3 is 0 Å². The molecule has 0 unspecified atom stereocenters. The van der Waals surface area contributed by atoms with E-state index in [4.69, 9.17) is 11.5 Å². The molecule has 2 aliphatic rings. The molecule has 1 aliphatic carbocycles. The molecule has 0 aromatic heterocycles. The molecule has 1 aliphatic heterocycles. The van der Waals surface area contributed by atoms with E-state index in [1.807, 2.05) is 4.90 Å². The monoisotopic (exact) mass is 197 g/mol. The predicted octanol–water partition coefficient (Wildman–Crippen LogP) is -0.327. The third kappa shape index (κ3) is 1.53. The van der Waals surface area contributed by atoms with Crippen LogP contribution in [0, 0.1) is 5.41 Å². The Morgan fingerprint density at radius 2 is 2.21 bits per heavy atom. The van der Waals surface area contributed by atoms with Gasteiger partial charge in [0.25, 0.3) is 0 Å². The fourth-order valence-corrected chi connectivity index (χ4v) is 2.80. The van der Waals surface area contributed by atoms with Gasteiger partial charge in [-0.1, -0.05) is 0 Å². The topological polar surface area (TPSA) is 72.4 Å². The zero-order valence-electron chi connectivity index (χ0n) is 8.70. The van der Waals surface area contributed by atoms with Crippen LogP contribution in [-0.2, 0) is 4.79 Å². The summed E-state index contributed by atoms with van der Waals surface area (Å²) in [6.45, 7) is 3.49. The SMILES string of the molecule is C[C@H](N)C(=O)N1CCC2(CC(N)C2)C1. The van der Waals surface area contributed by atoms with Gasteiger partial charge < -0.3 is 16.4 Å². The number of amides is 1. The molecule has 4 N–H and O–H groups in total. The van der Waals surface area contributed by atoms with Gasteiger partial charge in [0.1, 0.15) is 0 Å². The maximum Gasteiger partial charge on any atom is 0.239 e. The van der Waals surface area contributed by atoms with Crippen LogP contribution >= 0.6 is 0 Å². The summed E-state index contributed by atoms with van der Waals surface area (Å²) in [4.78, 5) is 13.5. The molecule has 80 valence electrons. The number of nitrogens with two attached hydrogens (primary N) is 2. The highest BCUT2D eigenvalue weighted by molar-refractivity contribution is 5.81. The lowest BCUT2D eigenvalue weighted by molar-refractivity contribution is -0.131. The maximum atomic E-state index is 11.6. The Balaban J connectivity index is 1.92. The molecule has 1 amide bonds. The minimum absolute atomic E-state index is 0.0855. The summed E-state index contributed by atoms with van der Waals surface area (Å²) in [7, 11) is 0. The molecule has 1 saturated heterocycles. The van der Waals surface area contributed by atoms with Crippen LogP contribution in [0.3, 0.4) is 0 Å². The molecule has 0 aromatic carbocycles. The second kappa shape index (κ2) is 3.21. The van der Waals surface area contributed by atoms with Crippen molar-refractivity contribution in [1.29, 1.82) is 0 Å². The van der Waals surface area contributed by atoms with Gasteiger partial charge in [0.15, 0.2) is 0 Å². The molecule has 4 nitrogen and oxygen atoms in total. The van der Waals surface area contributed by atoms with E-state index in [2.05, 4.69) is 0 Å². The van der Waals surface area contributed by atoms with Crippen molar-refractivity contribution in [2.24, 2.45) is 16.9 Å². The first-order valence-electron chi connectivity index (χ1n) is 5.32. The predicted molar refractivity (Wildman–Crippen MR) is 54.5 cm³/mol. The Hall–Kier alpha value is -0.610. The molecule has 0 radical (unpaired) electrons. The van der Waals surface area contributed by atoms with Crippen LogP contribution < -0.4 is 11.5 Å². The standard InChI is InChI=1S/C10H19N3O/c1-7(11)9(14)13-3-2-10(6-13)4-8(12)5-10/h7-8H,2-6,11-12H2,1H3/t7-,8?,10?/m0/s1. The third-order valence-electron chi connectivity index (χ3n) is 3.53. The summed E-state index contributed by atoms with van der Waals surface area (Å²) in [5.74, 6) is 0.0855. The van der Waals surface area contributed by atoms with Crippen LogP contribution in [0.25, 0.3) is 0 Å². The molecule has 4 heteroatoms. The van der Waals surface area contributed by atoms with Gasteiger partial charge in [0.05, 0.1) is 6.04 Å². The van der Waals surface area contributed by atoms with E-state index in [-0.39, 0.29) is 11.9 Å². The zero-order valence-corrected chi connectivity index (χ0v) is 8.70. The second-order valence-electron chi connectivity index (χ2n) is 4.97. The summed E-state index contributed by atoms with van der Waals surface area (Å²) < 4.78 is 0. The first-order valence-corrected chi connectivity index (χ1v) is 5.32. The molecular formula is C10H19N3O. The van der Waals surface area contributed by atoms with E-state index in [1.165, 1.54) is 0 Å². The minimum atomic E-state index is -0.362. The lowest BCUT2D eigenvalue weighted by Gasteiger charge is -2.43. The Morgan fingerprint density at radius 1 is 1.57 bits per heavy atom. The highest BCUT2D eigenvalue weighted by Crippen LogP contribution is 2.47. The van der Waals surface area contributed by atoms with Gasteiger partial charge in [-0.15, -0.1) is 0 Å². The van der Waals surface area contributed by atoms with Crippen molar-refractivity contribution in [3.8, 4) is 0 Å². The van der Waals surface area contributed by atoms with Crippen molar-refractivity contribution in [1.82, 2.24) is 4.90 Å². The van der Waals surface area contributed by atoms with E-state index in [0.717, 1.165) is 32.4 Å². The minimum Gasteiger partial charge on any atom is -0.341 e. The second-order valence-corrected chi connectivity index (χ2v) is 4.97. The molecule has 2 rings (SSSR count). The number of hydrogen-bond donors (Lipinski definition) is 2. The van der Waals surface area contributed by atoms with Crippen LogP contribution in [0.4, 0.5) is 0 Å². The molecule has 1 saturated carbocycles. The van der Waals surface area contributed by atoms with Crippen molar-refractivity contribution in [3.63, 3.8) is 0 Å². The number of carbonyl (C=O) groups excluding carboxylic acids is 1. The molecule has 1 spiro atoms. The average Bonchev–Trinajstić information content (AvgIpc) is 2.47. The number of nitrogens with zero attached hydrogens (tertiary/aromatic N) is 1. The summed E-state index contributed by atoms with van der Waals surface area (Å²) >= 11 is 0. The molecular weight excluding hydrogens is 178 g/mol. The zero-order chi connectivity index (χ0) is 10.3. The smallest absolute Gasteiger partial charge is 0.239 e. The van der Waals surface area contributed by atoms with Crippen molar-refractivity contribution in [2.45, 2.75) is 38.3 Å². The molecule has 0 aromatic rings. The fraction of sp³-hybridized carbons (Fsp3) is 0.900. The van der Waals surface area contributed by atoms with Crippen LogP contribution in [0.1, 0.15) is 26.2 Å². The van der Waals surface area contributed by atoms with Gasteiger partial charge in [0.2, 0.25) is 5.91 Å². The first-order chi connectivity index (χ1) is 6.52. The Morgan fingerprint density at radius 3 is 2.71 bits per heavy atom. The largest absolute Gasteiger partial charge is 0.341 e. The summed E-state index contributed by atoms with van der Waals surface area (Å²) in [6, 6.07) is -0.000693. The quantitative estimate of drug-likeness (QED) is 0.605. The van der Waals surface area contributed by atoms with Gasteiger partial charge in [0, 0.05) is 19.1 Å². The Labute approximate surface area is 84.6 Å². The lowest BCUT2D eigenvalue weighted by Crippen LogP contribution is -2.49. The molecule has 1 atom stereocenters. The lowest BCUT2D eigenvalue weighted by atomic mass is 9.65. The molecule has 14 heavy (non-hydrogen) atoms. The van der Waals surface area contributed by atoms with Gasteiger partial charge in [-0.05, 0) is 31.6 Å². The van der Waals surface area contributed by atoms with E-state index in [9.17, 15) is 4.79 Å². The van der Waals surface area contributed by atoms with Gasteiger partial charge in [-0.2, -0.15) is 0 Å². The maximum absolute atomic E-state index is 11.6. The van der Waals surface area contributed by atoms with Crippen LogP contribution in [0.2, 0.25) is 0 Å². The van der Waals surface area contributed by atoms with E-state index in [0.29, 0.717) is 11.5 Å². The van der Waals surface area contributed by atoms with Gasteiger partial charge in [-0.3, -0.25) is 4.79 Å². The van der Waals surface area contributed by atoms with Gasteiger partial charge in [-0.25, -0.2) is 0 Å². The number of likely N-dealkylation sites (tertiary alicyclic amines) is 1. The molecule has 2 fully saturated rings. The summed E-state index contributed by atoms with van der Waals surface area (Å²) in [5, 5.41) is 0. The molecule has 1 heterocycles. The highest BCUT2D eigenvalue weighted by atomic mass is 16.2. The Kier molecular flexibility index (Phi) is 2.27. The van der Waals surface area contributed by atoms with Crippen LogP contribution in [0.15, 0.2) is 0 Å². The number of carbonyl (C=O) groups is 1. The number of hydrogen-bond acceptors (Lipinski definition) is 3. The highest BCUT2D eigenvalue weighted by Gasteiger charge is 2.48. The van der Waals surface area contributed by atoms with Crippen molar-refractivity contribution in [3.05, 3.63) is 0 Å². The van der Waals surface area contributed by atoms with Crippen molar-refractivity contribution in [2.75, 3.05) is 13.1 Å². The summed E-state index contributed by atoms with van der Waals surface area (Å²) in [6.07, 6.45) is 3.27. The van der Waals surface area contributed by atoms with Crippen molar-refractivity contribution < 1.29 is 4.79 Å². The molecule has 0 bridgehead atoms. The first kappa shape index (κ1) is 9.93. The van der Waals surface area contributed by atoms with E-state index < -0.39 is 0 Å². The van der Waals surface area contributed by atoms with Crippen LogP contribution in [-0.4, -0.2) is 36.0 Å². The Bertz CT molecular complexity index is 246. The number of rotatable bonds is 1. The normalized spacial score (nSPS) is 38.5. The van der Waals surface area contributed by atoms with Crippen LogP contribution in [0.5, 0.6) is 0 Å². The van der Waals surface area contributed by atoms with Crippen molar-refractivity contribution >= 4 is 5.91 Å². The third-order valence-corrected chi connectivity index (χ3v) is 3.53. The average molecular weight is 197 g/mol. The fourth-order valence-electron chi connectivity index (χ4n) is 2.80. The summed E-state index contributed by atoms with van der Waals surface area (Å²) in [5.41, 5.74) is 11.7.